The van der Waals surface area contributed by atoms with E-state index in [1.54, 1.807) is 10.4 Å². The molecule has 1 aromatic rings. The minimum Gasteiger partial charge on any atom is -0.312 e. The third-order valence-electron chi connectivity index (χ3n) is 4.19. The minimum absolute atomic E-state index is 0.102. The molecule has 1 saturated heterocycles. The van der Waals surface area contributed by atoms with Crippen LogP contribution >= 0.6 is 27.3 Å². The highest BCUT2D eigenvalue weighted by molar-refractivity contribution is 9.11. The van der Waals surface area contributed by atoms with Gasteiger partial charge in [0.1, 0.15) is 4.21 Å². The molecule has 1 unspecified atom stereocenters. The maximum absolute atomic E-state index is 12.9. The van der Waals surface area contributed by atoms with Crippen LogP contribution in [-0.4, -0.2) is 37.9 Å². The van der Waals surface area contributed by atoms with Crippen LogP contribution < -0.4 is 5.32 Å². The molecule has 118 valence electrons. The van der Waals surface area contributed by atoms with Gasteiger partial charge in [-0.2, -0.15) is 4.31 Å². The Balaban J connectivity index is 1.79. The second kappa shape index (κ2) is 6.28. The van der Waals surface area contributed by atoms with Gasteiger partial charge in [0.25, 0.3) is 10.0 Å². The molecule has 1 aliphatic heterocycles. The van der Waals surface area contributed by atoms with Crippen molar-refractivity contribution < 1.29 is 8.42 Å². The van der Waals surface area contributed by atoms with Crippen molar-refractivity contribution in [3.63, 3.8) is 0 Å². The summed E-state index contributed by atoms with van der Waals surface area (Å²) in [7, 11) is -3.36. The number of sulfonamides is 1. The normalized spacial score (nSPS) is 24.4. The first-order valence-corrected chi connectivity index (χ1v) is 10.5. The largest absolute Gasteiger partial charge is 0.312 e. The monoisotopic (exact) mass is 392 g/mol. The molecule has 2 aliphatic rings. The molecule has 1 atom stereocenters. The van der Waals surface area contributed by atoms with Gasteiger partial charge in [0.2, 0.25) is 0 Å². The van der Waals surface area contributed by atoms with Gasteiger partial charge in [0.05, 0.1) is 3.79 Å². The topological polar surface area (TPSA) is 49.4 Å². The van der Waals surface area contributed by atoms with E-state index < -0.39 is 10.0 Å². The minimum atomic E-state index is -3.36. The fourth-order valence-electron chi connectivity index (χ4n) is 2.76. The standard InChI is InChI=1S/C14H21BrN2O2S2/c1-10-8-13(20-14(10)15)21(18,19)17-7-3-2-4-12(17)9-16-11-5-6-11/h8,11-12,16H,2-7,9H2,1H3. The summed E-state index contributed by atoms with van der Waals surface area (Å²) in [5, 5.41) is 3.48. The molecule has 0 aromatic carbocycles. The second-order valence-electron chi connectivity index (χ2n) is 5.97. The number of piperidine rings is 1. The summed E-state index contributed by atoms with van der Waals surface area (Å²) in [4.78, 5) is 0. The number of nitrogens with zero attached hydrogens (tertiary/aromatic N) is 1. The van der Waals surface area contributed by atoms with Crippen molar-refractivity contribution in [1.29, 1.82) is 0 Å². The summed E-state index contributed by atoms with van der Waals surface area (Å²) in [6, 6.07) is 2.50. The van der Waals surface area contributed by atoms with Gasteiger partial charge in [-0.1, -0.05) is 6.42 Å². The van der Waals surface area contributed by atoms with E-state index in [2.05, 4.69) is 21.2 Å². The van der Waals surface area contributed by atoms with Crippen molar-refractivity contribution in [3.05, 3.63) is 15.4 Å². The lowest BCUT2D eigenvalue weighted by atomic mass is 10.1. The number of aryl methyl sites for hydroxylation is 1. The van der Waals surface area contributed by atoms with Gasteiger partial charge < -0.3 is 5.32 Å². The Morgan fingerprint density at radius 2 is 2.14 bits per heavy atom. The van der Waals surface area contributed by atoms with E-state index in [0.717, 1.165) is 35.2 Å². The number of thiophene rings is 1. The van der Waals surface area contributed by atoms with Gasteiger partial charge in [-0.25, -0.2) is 8.42 Å². The Bertz CT molecular complexity index is 591. The molecule has 0 bridgehead atoms. The molecule has 0 amide bonds. The lowest BCUT2D eigenvalue weighted by Crippen LogP contribution is -2.48. The zero-order valence-corrected chi connectivity index (χ0v) is 15.4. The maximum Gasteiger partial charge on any atom is 0.252 e. The Hall–Kier alpha value is 0.0500. The molecular weight excluding hydrogens is 372 g/mol. The summed E-state index contributed by atoms with van der Waals surface area (Å²) < 4.78 is 28.9. The summed E-state index contributed by atoms with van der Waals surface area (Å²) >= 11 is 4.75. The number of hydrogen-bond donors (Lipinski definition) is 1. The molecular formula is C14H21BrN2O2S2. The Labute approximate surface area is 139 Å². The van der Waals surface area contributed by atoms with Crippen LogP contribution in [0.2, 0.25) is 0 Å². The van der Waals surface area contributed by atoms with Crippen LogP contribution in [-0.2, 0) is 10.0 Å². The third kappa shape index (κ3) is 3.52. The van der Waals surface area contributed by atoms with E-state index in [0.29, 0.717) is 16.8 Å². The second-order valence-corrected chi connectivity index (χ2v) is 10.5. The highest BCUT2D eigenvalue weighted by atomic mass is 79.9. The Morgan fingerprint density at radius 3 is 2.76 bits per heavy atom. The third-order valence-corrected chi connectivity index (χ3v) is 8.73. The van der Waals surface area contributed by atoms with Crippen LogP contribution in [0.4, 0.5) is 0 Å². The van der Waals surface area contributed by atoms with Gasteiger partial charge in [-0.15, -0.1) is 11.3 Å². The molecule has 0 spiro atoms. The van der Waals surface area contributed by atoms with Crippen LogP contribution in [0.5, 0.6) is 0 Å². The highest BCUT2D eigenvalue weighted by Gasteiger charge is 2.35. The number of hydrogen-bond acceptors (Lipinski definition) is 4. The van der Waals surface area contributed by atoms with Gasteiger partial charge in [0.15, 0.2) is 0 Å². The fourth-order valence-corrected chi connectivity index (χ4v) is 6.81. The Morgan fingerprint density at radius 1 is 1.38 bits per heavy atom. The molecule has 21 heavy (non-hydrogen) atoms. The summed E-state index contributed by atoms with van der Waals surface area (Å²) in [5.41, 5.74) is 0.989. The van der Waals surface area contributed by atoms with Crippen LogP contribution in [0.25, 0.3) is 0 Å². The number of nitrogens with one attached hydrogen (secondary N) is 1. The Kier molecular flexibility index (Phi) is 4.76. The molecule has 7 heteroatoms. The van der Waals surface area contributed by atoms with Gasteiger partial charge in [0, 0.05) is 25.2 Å². The first kappa shape index (κ1) is 15.9. The molecule has 1 N–H and O–H groups in total. The van der Waals surface area contributed by atoms with Crippen LogP contribution in [0.3, 0.4) is 0 Å². The van der Waals surface area contributed by atoms with Crippen molar-refractivity contribution in [2.24, 2.45) is 0 Å². The van der Waals surface area contributed by atoms with Crippen LogP contribution in [0, 0.1) is 6.92 Å². The van der Waals surface area contributed by atoms with E-state index in [4.69, 9.17) is 0 Å². The zero-order valence-electron chi connectivity index (χ0n) is 12.1. The smallest absolute Gasteiger partial charge is 0.252 e. The molecule has 0 radical (unpaired) electrons. The number of halogens is 1. The quantitative estimate of drug-likeness (QED) is 0.836. The SMILES string of the molecule is Cc1cc(S(=O)(=O)N2CCCCC2CNC2CC2)sc1Br. The number of rotatable bonds is 5. The molecule has 1 saturated carbocycles. The van der Waals surface area contributed by atoms with E-state index in [-0.39, 0.29) is 6.04 Å². The molecule has 2 heterocycles. The van der Waals surface area contributed by atoms with Crippen molar-refractivity contribution in [1.82, 2.24) is 9.62 Å². The van der Waals surface area contributed by atoms with E-state index in [9.17, 15) is 8.42 Å². The van der Waals surface area contributed by atoms with Crippen LogP contribution in [0.1, 0.15) is 37.7 Å². The molecule has 3 rings (SSSR count). The van der Waals surface area contributed by atoms with E-state index >= 15 is 0 Å². The first-order valence-electron chi connectivity index (χ1n) is 7.49. The lowest BCUT2D eigenvalue weighted by molar-refractivity contribution is 0.245. The van der Waals surface area contributed by atoms with Crippen LogP contribution in [0.15, 0.2) is 14.1 Å². The average molecular weight is 393 g/mol. The van der Waals surface area contributed by atoms with Gasteiger partial charge in [-0.05, 0) is 60.2 Å². The van der Waals surface area contributed by atoms with Gasteiger partial charge >= 0.3 is 0 Å². The lowest BCUT2D eigenvalue weighted by Gasteiger charge is -2.34. The highest BCUT2D eigenvalue weighted by Crippen LogP contribution is 2.34. The van der Waals surface area contributed by atoms with Crippen molar-refractivity contribution in [2.75, 3.05) is 13.1 Å². The molecule has 1 aromatic heterocycles. The summed E-state index contributed by atoms with van der Waals surface area (Å²) in [6.45, 7) is 3.37. The predicted molar refractivity (Wildman–Crippen MR) is 89.3 cm³/mol. The summed E-state index contributed by atoms with van der Waals surface area (Å²) in [6.07, 6.45) is 5.51. The van der Waals surface area contributed by atoms with Crippen molar-refractivity contribution in [2.45, 2.75) is 55.3 Å². The first-order chi connectivity index (χ1) is 9.98. The summed E-state index contributed by atoms with van der Waals surface area (Å²) in [5.74, 6) is 0. The molecule has 1 aliphatic carbocycles. The fraction of sp³-hybridized carbons (Fsp3) is 0.714. The molecule has 2 fully saturated rings. The van der Waals surface area contributed by atoms with E-state index in [1.807, 2.05) is 6.92 Å². The van der Waals surface area contributed by atoms with Crippen molar-refractivity contribution >= 4 is 37.3 Å². The molecule has 4 nitrogen and oxygen atoms in total. The maximum atomic E-state index is 12.9. The zero-order chi connectivity index (χ0) is 15.0. The van der Waals surface area contributed by atoms with Gasteiger partial charge in [-0.3, -0.25) is 0 Å². The van der Waals surface area contributed by atoms with E-state index in [1.165, 1.54) is 24.2 Å². The van der Waals surface area contributed by atoms with Crippen molar-refractivity contribution in [3.8, 4) is 0 Å². The predicted octanol–water partition coefficient (Wildman–Crippen LogP) is 3.11. The average Bonchev–Trinajstić information content (AvgIpc) is 3.22.